The van der Waals surface area contributed by atoms with Crippen molar-refractivity contribution in [2.75, 3.05) is 168 Å². The highest BCUT2D eigenvalue weighted by Crippen LogP contribution is 2.80. The van der Waals surface area contributed by atoms with Crippen LogP contribution < -0.4 is 4.52 Å². The van der Waals surface area contributed by atoms with Crippen LogP contribution >= 0.6 is 23.0 Å². The van der Waals surface area contributed by atoms with Crippen molar-refractivity contribution in [2.24, 2.45) is 13.5 Å². The van der Waals surface area contributed by atoms with Gasteiger partial charge in [-0.1, -0.05) is 12.1 Å². The summed E-state index contributed by atoms with van der Waals surface area (Å²) in [7, 11) is -3.82. The van der Waals surface area contributed by atoms with Crippen molar-refractivity contribution in [3.63, 3.8) is 0 Å². The number of hydrogen-bond acceptors (Lipinski definition) is 21. The minimum Gasteiger partial charge on any atom is -0.452 e. The molecule has 0 N–H and O–H groups in total. The van der Waals surface area contributed by atoms with E-state index in [1.54, 1.807) is 59.8 Å². The molecule has 2 rings (SSSR count). The van der Waals surface area contributed by atoms with Crippen molar-refractivity contribution in [1.29, 1.82) is 0 Å². The van der Waals surface area contributed by atoms with Crippen LogP contribution in [0.4, 0.5) is 0 Å². The average Bonchev–Trinajstić information content (AvgIpc) is 3.24. The first-order valence-corrected chi connectivity index (χ1v) is 23.5. The highest BCUT2D eigenvalue weighted by atomic mass is 31.3. The third-order valence-corrected chi connectivity index (χ3v) is 15.4. The molecule has 0 saturated carbocycles. The first-order valence-electron chi connectivity index (χ1n) is 18.9. The highest BCUT2D eigenvalue weighted by molar-refractivity contribution is 7.78. The summed E-state index contributed by atoms with van der Waals surface area (Å²) in [5, 5.41) is 0. The largest absolute Gasteiger partial charge is 0.452 e. The Kier molecular flexibility index (Phi) is 31.1. The number of methoxy groups -OCH3 is 5. The summed E-state index contributed by atoms with van der Waals surface area (Å²) in [5.41, 5.74) is 9.23. The number of benzene rings is 1. The zero-order valence-corrected chi connectivity index (χ0v) is 37.8. The van der Waals surface area contributed by atoms with Gasteiger partial charge in [0.05, 0.1) is 132 Å². The topological polar surface area (TPSA) is 247 Å². The lowest BCUT2D eigenvalue weighted by atomic mass is 10.2. The Hall–Kier alpha value is -2.04. The Morgan fingerprint density at radius 3 is 1.17 bits per heavy atom. The van der Waals surface area contributed by atoms with E-state index in [1.807, 2.05) is 0 Å². The summed E-state index contributed by atoms with van der Waals surface area (Å²) in [4.78, 5) is 14.4. The van der Waals surface area contributed by atoms with E-state index in [9.17, 15) is 4.79 Å². The van der Waals surface area contributed by atoms with Gasteiger partial charge in [0.2, 0.25) is 0 Å². The second-order valence-electron chi connectivity index (χ2n) is 11.5. The molecule has 1 aromatic carbocycles. The Bertz CT molecular complexity index is 1430. The number of esters is 1. The van der Waals surface area contributed by atoms with Gasteiger partial charge in [0.1, 0.15) is 12.4 Å². The quantitative estimate of drug-likeness (QED) is 0.0217. The summed E-state index contributed by atoms with van der Waals surface area (Å²) in [6.07, 6.45) is 0.646. The van der Waals surface area contributed by atoms with E-state index in [2.05, 4.69) is 4.79 Å². The molecule has 0 radical (unpaired) electrons. The SMILES string of the molecule is COCCOCCOP1(OCCOCCOC)=NP(OCCOCCOC)(OCCOCCOC)=NP(OCCOCCOC)(Oc2ccc(COC(=O)C=[N+]=[N-])cc2)=N1. The molecule has 0 bridgehead atoms. The predicted octanol–water partition coefficient (Wildman–Crippen LogP) is 4.66. The smallest absolute Gasteiger partial charge is 0.413 e. The van der Waals surface area contributed by atoms with Crippen molar-refractivity contribution in [1.82, 2.24) is 0 Å². The van der Waals surface area contributed by atoms with Crippen LogP contribution in [0.15, 0.2) is 37.8 Å². The molecule has 0 spiro atoms. The van der Waals surface area contributed by atoms with Gasteiger partial charge in [0, 0.05) is 35.5 Å². The highest BCUT2D eigenvalue weighted by Gasteiger charge is 2.44. The van der Waals surface area contributed by atoms with E-state index in [4.69, 9.17) is 98.3 Å². The van der Waals surface area contributed by atoms with E-state index >= 15 is 0 Å². The molecule has 1 heterocycles. The van der Waals surface area contributed by atoms with Crippen LogP contribution in [-0.2, 0) is 86.1 Å². The molecule has 0 aromatic heterocycles. The summed E-state index contributed by atoms with van der Waals surface area (Å²) < 4.78 is 113. The van der Waals surface area contributed by atoms with E-state index in [1.165, 1.54) is 0 Å². The van der Waals surface area contributed by atoms with Crippen molar-refractivity contribution in [3.8, 4) is 5.75 Å². The van der Waals surface area contributed by atoms with Crippen molar-refractivity contribution < 1.29 is 88.8 Å². The molecule has 346 valence electrons. The molecular weight excluding hydrogens is 859 g/mol. The molecule has 23 nitrogen and oxygen atoms in total. The third kappa shape index (κ3) is 24.0. The van der Waals surface area contributed by atoms with E-state index in [-0.39, 0.29) is 78.4 Å². The van der Waals surface area contributed by atoms with Gasteiger partial charge in [0.15, 0.2) is 0 Å². The van der Waals surface area contributed by atoms with Gasteiger partial charge in [-0.3, -0.25) is 4.52 Å². The molecule has 0 fully saturated rings. The summed E-state index contributed by atoms with van der Waals surface area (Å²) in [5.74, 6) is -0.563. The van der Waals surface area contributed by atoms with Crippen molar-refractivity contribution in [2.45, 2.75) is 6.61 Å². The third-order valence-electron chi connectivity index (χ3n) is 6.96. The Labute approximate surface area is 352 Å². The van der Waals surface area contributed by atoms with Crippen molar-refractivity contribution in [3.05, 3.63) is 35.4 Å². The fourth-order valence-electron chi connectivity index (χ4n) is 4.20. The van der Waals surface area contributed by atoms with Gasteiger partial charge in [-0.25, -0.2) is 4.79 Å². The maximum absolute atomic E-state index is 11.7. The Morgan fingerprint density at radius 2 is 0.817 bits per heavy atom. The number of carbonyl (C=O) groups excluding carboxylic acids is 1. The first-order chi connectivity index (χ1) is 29.3. The molecule has 1 atom stereocenters. The molecule has 0 saturated heterocycles. The van der Waals surface area contributed by atoms with Gasteiger partial charge in [-0.15, -0.1) is 13.5 Å². The zero-order valence-electron chi connectivity index (χ0n) is 35.2. The minimum absolute atomic E-state index is 0.0240. The number of hydrogen-bond donors (Lipinski definition) is 0. The second kappa shape index (κ2) is 34.4. The monoisotopic (exact) mass is 921 g/mol. The van der Waals surface area contributed by atoms with E-state index in [0.717, 1.165) is 0 Å². The normalized spacial score (nSPS) is 16.6. The predicted molar refractivity (Wildman–Crippen MR) is 218 cm³/mol. The number of rotatable bonds is 40. The number of ether oxygens (including phenoxy) is 11. The maximum Gasteiger partial charge on any atom is 0.413 e. The minimum atomic E-state index is -3.96. The maximum atomic E-state index is 11.7. The Balaban J connectivity index is 2.76. The van der Waals surface area contributed by atoms with Gasteiger partial charge in [-0.05, 0) is 17.7 Å². The molecule has 1 unspecified atom stereocenters. The molecule has 0 amide bonds. The summed E-state index contributed by atoms with van der Waals surface area (Å²) >= 11 is 0. The van der Waals surface area contributed by atoms with Gasteiger partial charge in [-0.2, -0.15) is 4.79 Å². The van der Waals surface area contributed by atoms with E-state index < -0.39 is 28.9 Å². The van der Waals surface area contributed by atoms with Gasteiger partial charge >= 0.3 is 35.2 Å². The lowest BCUT2D eigenvalue weighted by molar-refractivity contribution is -0.140. The molecule has 1 aromatic rings. The molecule has 60 heavy (non-hydrogen) atoms. The first kappa shape index (κ1) is 54.1. The number of carbonyl (C=O) groups is 1. The molecule has 1 aliphatic rings. The van der Waals surface area contributed by atoms with Gasteiger partial charge in [0.25, 0.3) is 0 Å². The van der Waals surface area contributed by atoms with Crippen molar-refractivity contribution >= 4 is 35.2 Å². The molecule has 0 aliphatic carbocycles. The zero-order chi connectivity index (χ0) is 43.5. The molecule has 26 heteroatoms. The van der Waals surface area contributed by atoms with Crippen LogP contribution in [0.25, 0.3) is 5.53 Å². The average molecular weight is 922 g/mol. The second-order valence-corrected chi connectivity index (χ2v) is 18.1. The summed E-state index contributed by atoms with van der Waals surface area (Å²) in [6.45, 7) is 3.80. The fraction of sp³-hybridized carbons (Fsp3) is 0.765. The van der Waals surface area contributed by atoms with Gasteiger partial charge < -0.3 is 80.3 Å². The lowest BCUT2D eigenvalue weighted by Gasteiger charge is -2.33. The fourth-order valence-corrected chi connectivity index (χ4v) is 13.5. The van der Waals surface area contributed by atoms with Crippen LogP contribution in [0.3, 0.4) is 0 Å². The van der Waals surface area contributed by atoms with Crippen LogP contribution in [0, 0.1) is 0 Å². The summed E-state index contributed by atoms with van der Waals surface area (Å²) in [6, 6.07) is 6.55. The standard InChI is InChI=1S/C34H62N5O18P3/c1-41-10-15-46-20-25-52-58(53-26-21-47-16-11-42-2)37-59(54-27-22-48-17-12-43-3,55-28-23-49-18-13-44-4)39-60(38-58,56-29-24-50-19-14-45-5)57-33-8-6-32(7-9-33)31-51-34(40)30-36-35/h6-9,30H,10-29,31H2,1-5H3. The number of nitrogens with zero attached hydrogens (tertiary/aromatic N) is 5. The van der Waals surface area contributed by atoms with Crippen LogP contribution in [-0.4, -0.2) is 185 Å². The Morgan fingerprint density at radius 1 is 0.500 bits per heavy atom. The van der Waals surface area contributed by atoms with Crippen LogP contribution in [0.1, 0.15) is 5.56 Å². The van der Waals surface area contributed by atoms with Crippen LogP contribution in [0.5, 0.6) is 5.75 Å². The molecular formula is C34H62N5O18P3. The lowest BCUT2D eigenvalue weighted by Crippen LogP contribution is -2.14. The molecule has 1 aliphatic heterocycles. The van der Waals surface area contributed by atoms with E-state index in [0.29, 0.717) is 77.8 Å². The van der Waals surface area contributed by atoms with Crippen LogP contribution in [0.2, 0.25) is 0 Å².